The summed E-state index contributed by atoms with van der Waals surface area (Å²) in [7, 11) is -14.9. The first-order valence-electron chi connectivity index (χ1n) is 25.8. The number of rotatable bonds is 31. The lowest BCUT2D eigenvalue weighted by atomic mass is 10.3. The van der Waals surface area contributed by atoms with Gasteiger partial charge in [0.05, 0.1) is 44.8 Å². The number of hydrogen-bond donors (Lipinski definition) is 0. The maximum Gasteiger partial charge on any atom is 0.306 e. The maximum absolute atomic E-state index is 13.1. The van der Waals surface area contributed by atoms with Crippen LogP contribution in [0.4, 0.5) is 5.69 Å². The van der Waals surface area contributed by atoms with Gasteiger partial charge in [0.15, 0.2) is 11.5 Å². The minimum absolute atomic E-state index is 0.193. The van der Waals surface area contributed by atoms with Crippen LogP contribution in [-0.2, 0) is 20.2 Å². The molecular formula is C56H81NO6P2S2Si2. The van der Waals surface area contributed by atoms with Crippen molar-refractivity contribution in [1.29, 1.82) is 0 Å². The zero-order valence-corrected chi connectivity index (χ0v) is 48.4. The van der Waals surface area contributed by atoms with Crippen LogP contribution in [0.25, 0.3) is 0 Å². The summed E-state index contributed by atoms with van der Waals surface area (Å²) in [5.74, 6) is 0.387. The summed E-state index contributed by atoms with van der Waals surface area (Å²) in [4.78, 5) is 0. The van der Waals surface area contributed by atoms with E-state index in [-0.39, 0.29) is 11.5 Å². The third-order valence-electron chi connectivity index (χ3n) is 13.5. The summed E-state index contributed by atoms with van der Waals surface area (Å²) in [6, 6.07) is 52.2. The molecule has 0 aliphatic heterocycles. The van der Waals surface area contributed by atoms with E-state index < -0.39 is 52.5 Å². The molecule has 5 rings (SSSR count). The van der Waals surface area contributed by atoms with E-state index in [2.05, 4.69) is 107 Å². The van der Waals surface area contributed by atoms with Crippen LogP contribution < -0.4 is 44.4 Å². The Morgan fingerprint density at radius 3 is 1.01 bits per heavy atom. The van der Waals surface area contributed by atoms with Crippen LogP contribution in [-0.4, -0.2) is 45.5 Å². The molecular weight excluding hydrogens is 965 g/mol. The lowest BCUT2D eigenvalue weighted by Crippen LogP contribution is -2.48. The van der Waals surface area contributed by atoms with E-state index in [0.717, 1.165) is 28.8 Å². The molecule has 0 saturated heterocycles. The first-order chi connectivity index (χ1) is 33.2. The van der Waals surface area contributed by atoms with Crippen molar-refractivity contribution in [3.05, 3.63) is 127 Å². The van der Waals surface area contributed by atoms with Crippen molar-refractivity contribution in [3.63, 3.8) is 0 Å². The third-order valence-corrected chi connectivity index (χ3v) is 31.0. The van der Waals surface area contributed by atoms with Crippen LogP contribution in [0.1, 0.15) is 119 Å². The molecule has 376 valence electrons. The Bertz CT molecular complexity index is 2330. The van der Waals surface area contributed by atoms with Crippen molar-refractivity contribution in [2.75, 3.05) is 17.0 Å². The number of hydrogen-bond acceptors (Lipinski definition) is 7. The maximum atomic E-state index is 13.1. The van der Waals surface area contributed by atoms with Crippen molar-refractivity contribution >= 4 is 89.8 Å². The van der Waals surface area contributed by atoms with Gasteiger partial charge in [0.2, 0.25) is 0 Å². The van der Waals surface area contributed by atoms with Gasteiger partial charge in [-0.05, 0) is 36.4 Å². The fourth-order valence-corrected chi connectivity index (χ4v) is 28.2. The molecule has 0 aliphatic rings. The number of unbranched alkanes of at least 4 members (excludes halogenated alkanes) is 6. The molecule has 0 aliphatic carbocycles. The molecule has 69 heavy (non-hydrogen) atoms. The summed E-state index contributed by atoms with van der Waals surface area (Å²) in [5.41, 5.74) is 0.918. The van der Waals surface area contributed by atoms with Crippen molar-refractivity contribution in [1.82, 2.24) is 0 Å². The molecule has 7 nitrogen and oxygen atoms in total. The second kappa shape index (κ2) is 27.5. The molecule has 13 heteroatoms. The van der Waals surface area contributed by atoms with Crippen LogP contribution in [0.2, 0.25) is 36.3 Å². The predicted octanol–water partition coefficient (Wildman–Crippen LogP) is 13.4. The minimum atomic E-state index is -3.97. The molecule has 5 aromatic carbocycles. The third kappa shape index (κ3) is 15.8. The smallest absolute Gasteiger partial charge is 0.306 e. The highest BCUT2D eigenvalue weighted by molar-refractivity contribution is 7.91. The largest absolute Gasteiger partial charge is 0.382 e. The second-order valence-corrected chi connectivity index (χ2v) is 35.8. The Kier molecular flexibility index (Phi) is 22.6. The summed E-state index contributed by atoms with van der Waals surface area (Å²) in [5, 5.41) is 6.66. The van der Waals surface area contributed by atoms with Crippen LogP contribution >= 0.6 is 16.1 Å². The van der Waals surface area contributed by atoms with E-state index in [1.165, 1.54) is 124 Å². The predicted molar refractivity (Wildman–Crippen MR) is 307 cm³/mol. The highest BCUT2D eigenvalue weighted by Crippen LogP contribution is 2.59. The van der Waals surface area contributed by atoms with Gasteiger partial charge in [-0.25, -0.2) is 0 Å². The summed E-state index contributed by atoms with van der Waals surface area (Å²) >= 11 is 0. The number of benzene rings is 5. The molecule has 0 N–H and O–H groups in total. The second-order valence-electron chi connectivity index (χ2n) is 19.0. The fourth-order valence-electron chi connectivity index (χ4n) is 9.93. The number of nitrogens with zero attached hydrogens (tertiary/aromatic N) is 1. The quantitative estimate of drug-likeness (QED) is 0.0248. The van der Waals surface area contributed by atoms with Crippen molar-refractivity contribution in [2.45, 2.75) is 155 Å². The lowest BCUT2D eigenvalue weighted by Gasteiger charge is -2.41. The molecule has 0 unspecified atom stereocenters. The normalized spacial score (nSPS) is 12.4. The summed E-state index contributed by atoms with van der Waals surface area (Å²) < 4.78 is 66.5. The van der Waals surface area contributed by atoms with Gasteiger partial charge in [0, 0.05) is 26.9 Å². The Labute approximate surface area is 423 Å². The number of para-hydroxylation sites is 3. The van der Waals surface area contributed by atoms with E-state index in [0.29, 0.717) is 10.6 Å². The van der Waals surface area contributed by atoms with E-state index in [4.69, 9.17) is 8.37 Å². The van der Waals surface area contributed by atoms with Gasteiger partial charge in [-0.2, -0.15) is 16.8 Å². The number of anilines is 1. The van der Waals surface area contributed by atoms with E-state index in [1.807, 2.05) is 42.5 Å². The first-order valence-corrected chi connectivity index (χ1v) is 37.3. The lowest BCUT2D eigenvalue weighted by molar-refractivity contribution is 0.493. The van der Waals surface area contributed by atoms with Crippen LogP contribution in [0.3, 0.4) is 0 Å². The van der Waals surface area contributed by atoms with Crippen LogP contribution in [0, 0.1) is 0 Å². The standard InChI is InChI=1S/C56H81NO6P2S2Si2/c1-9-15-42-68(43-16-10-2,44-17-11-3)51-38-34-49(35-39-51)64(50-36-40-52(41-37-50)69(45-18-12-4,46-19-13-5)47-20-14-6)57(48-28-22-21-23-29-48)65(55-32-26-24-30-53(55)62-66(7,58)59)56-33-27-25-31-54(56)63-67(8,60)61/h21-41H,9-20,42-47H2,1-8H3. The highest BCUT2D eigenvalue weighted by atomic mass is 32.2. The van der Waals surface area contributed by atoms with Gasteiger partial charge < -0.3 is 12.8 Å². The molecule has 0 fully saturated rings. The average Bonchev–Trinajstić information content (AvgIpc) is 3.34. The molecule has 0 radical (unpaired) electrons. The Morgan fingerprint density at radius 1 is 0.406 bits per heavy atom. The van der Waals surface area contributed by atoms with E-state index in [9.17, 15) is 16.8 Å². The van der Waals surface area contributed by atoms with Crippen molar-refractivity contribution < 1.29 is 25.2 Å². The topological polar surface area (TPSA) is 90.0 Å². The molecule has 0 aromatic heterocycles. The molecule has 0 bridgehead atoms. The Morgan fingerprint density at radius 2 is 0.710 bits per heavy atom. The van der Waals surface area contributed by atoms with Gasteiger partial charge in [-0.1, -0.05) is 256 Å². The van der Waals surface area contributed by atoms with Crippen molar-refractivity contribution in [3.8, 4) is 11.5 Å². The van der Waals surface area contributed by atoms with Gasteiger partial charge in [0.1, 0.15) is 0 Å². The molecule has 0 saturated carbocycles. The van der Waals surface area contributed by atoms with Gasteiger partial charge in [-0.15, -0.1) is 0 Å². The summed E-state index contributed by atoms with van der Waals surface area (Å²) in [6.07, 6.45) is 16.7. The van der Waals surface area contributed by atoms with Crippen LogP contribution in [0.5, 0.6) is 11.5 Å². The van der Waals surface area contributed by atoms with E-state index >= 15 is 0 Å². The first kappa shape index (κ1) is 56.6. The minimum Gasteiger partial charge on any atom is -0.382 e. The SMILES string of the molecule is CCCC[Si](CCCC)(CCCC)c1ccc(P(c2ccc([Si](CCCC)(CCCC)CCCC)cc2)N(c2ccccc2)P(c2ccccc2OS(C)(=O)=O)c2ccccc2OS(C)(=O)=O)cc1. The average molecular weight is 1050 g/mol. The van der Waals surface area contributed by atoms with E-state index in [1.54, 1.807) is 24.3 Å². The van der Waals surface area contributed by atoms with Gasteiger partial charge in [0.25, 0.3) is 0 Å². The molecule has 0 spiro atoms. The van der Waals surface area contributed by atoms with Crippen LogP contribution in [0.15, 0.2) is 127 Å². The molecule has 5 aromatic rings. The zero-order valence-electron chi connectivity index (χ0n) is 43.0. The fraction of sp³-hybridized carbons (Fsp3) is 0.464. The Hall–Kier alpha value is -3.31. The monoisotopic (exact) mass is 1050 g/mol. The summed E-state index contributed by atoms with van der Waals surface area (Å²) in [6.45, 7) is 13.9. The van der Waals surface area contributed by atoms with Crippen molar-refractivity contribution in [2.24, 2.45) is 0 Å². The molecule has 0 atom stereocenters. The van der Waals surface area contributed by atoms with Gasteiger partial charge >= 0.3 is 20.2 Å². The Balaban J connectivity index is 1.91. The molecule has 0 amide bonds. The highest BCUT2D eigenvalue weighted by Gasteiger charge is 2.39. The molecule has 0 heterocycles. The van der Waals surface area contributed by atoms with Gasteiger partial charge in [-0.3, -0.25) is 0 Å². The zero-order chi connectivity index (χ0) is 49.9.